The molecule has 0 aliphatic heterocycles. The Hall–Kier alpha value is -1.38. The molecule has 2 nitrogen and oxygen atoms in total. The first-order valence-corrected chi connectivity index (χ1v) is 6.45. The standard InChI is InChI=1S/C15H19FO2/c1-9-3-4-12(10(2)16)7-13(9)14(8-15(17)18)11-5-6-11/h3-4,7,10-11,14H,5-6,8H2,1-2H3,(H,17,18). The second-order valence-corrected chi connectivity index (χ2v) is 5.27. The van der Waals surface area contributed by atoms with Gasteiger partial charge in [0.05, 0.1) is 6.42 Å². The van der Waals surface area contributed by atoms with Gasteiger partial charge in [-0.3, -0.25) is 4.79 Å². The van der Waals surface area contributed by atoms with Gasteiger partial charge >= 0.3 is 5.97 Å². The van der Waals surface area contributed by atoms with Crippen molar-refractivity contribution in [3.63, 3.8) is 0 Å². The number of alkyl halides is 1. The second kappa shape index (κ2) is 5.09. The van der Waals surface area contributed by atoms with E-state index in [0.29, 0.717) is 11.5 Å². The predicted molar refractivity (Wildman–Crippen MR) is 68.4 cm³/mol. The number of halogens is 1. The molecule has 2 unspecified atom stereocenters. The number of carboxylic acids is 1. The first-order valence-electron chi connectivity index (χ1n) is 6.45. The van der Waals surface area contributed by atoms with E-state index in [1.807, 2.05) is 19.1 Å². The first kappa shape index (κ1) is 13.1. The molecule has 1 aromatic carbocycles. The second-order valence-electron chi connectivity index (χ2n) is 5.27. The molecule has 1 aromatic rings. The highest BCUT2D eigenvalue weighted by molar-refractivity contribution is 5.68. The molecular weight excluding hydrogens is 231 g/mol. The van der Waals surface area contributed by atoms with Gasteiger partial charge < -0.3 is 5.11 Å². The molecule has 98 valence electrons. The molecule has 1 fully saturated rings. The smallest absolute Gasteiger partial charge is 0.303 e. The molecule has 0 heterocycles. The van der Waals surface area contributed by atoms with Crippen LogP contribution in [0.5, 0.6) is 0 Å². The Morgan fingerprint density at radius 2 is 2.17 bits per heavy atom. The van der Waals surface area contributed by atoms with E-state index in [1.54, 1.807) is 6.07 Å². The molecule has 0 bridgehead atoms. The van der Waals surface area contributed by atoms with Crippen LogP contribution in [0, 0.1) is 12.8 Å². The zero-order chi connectivity index (χ0) is 13.3. The van der Waals surface area contributed by atoms with Crippen molar-refractivity contribution in [3.05, 3.63) is 34.9 Å². The molecule has 3 heteroatoms. The maximum atomic E-state index is 13.4. The summed E-state index contributed by atoms with van der Waals surface area (Å²) in [6.07, 6.45) is 1.32. The minimum atomic E-state index is -1.01. The molecule has 1 aliphatic carbocycles. The fourth-order valence-corrected chi connectivity index (χ4v) is 2.52. The highest BCUT2D eigenvalue weighted by Crippen LogP contribution is 2.45. The van der Waals surface area contributed by atoms with Crippen LogP contribution in [-0.4, -0.2) is 11.1 Å². The zero-order valence-electron chi connectivity index (χ0n) is 10.8. The summed E-state index contributed by atoms with van der Waals surface area (Å²) in [4.78, 5) is 11.0. The fourth-order valence-electron chi connectivity index (χ4n) is 2.52. The summed E-state index contributed by atoms with van der Waals surface area (Å²) >= 11 is 0. The van der Waals surface area contributed by atoms with Gasteiger partial charge in [0, 0.05) is 0 Å². The van der Waals surface area contributed by atoms with Crippen molar-refractivity contribution >= 4 is 5.97 Å². The molecule has 2 rings (SSSR count). The third-order valence-electron chi connectivity index (χ3n) is 3.75. The number of carbonyl (C=O) groups is 1. The Labute approximate surface area is 107 Å². The van der Waals surface area contributed by atoms with E-state index >= 15 is 0 Å². The summed E-state index contributed by atoms with van der Waals surface area (Å²) in [5.41, 5.74) is 2.73. The minimum absolute atomic E-state index is 0.0428. The van der Waals surface area contributed by atoms with E-state index in [4.69, 9.17) is 5.11 Å². The number of aryl methyl sites for hydroxylation is 1. The average molecular weight is 250 g/mol. The molecule has 0 saturated heterocycles. The summed E-state index contributed by atoms with van der Waals surface area (Å²) in [5.74, 6) is -0.267. The summed E-state index contributed by atoms with van der Waals surface area (Å²) in [5, 5.41) is 9.02. The van der Waals surface area contributed by atoms with E-state index in [0.717, 1.165) is 24.0 Å². The lowest BCUT2D eigenvalue weighted by molar-refractivity contribution is -0.137. The van der Waals surface area contributed by atoms with Crippen LogP contribution in [0.25, 0.3) is 0 Å². The minimum Gasteiger partial charge on any atom is -0.481 e. The van der Waals surface area contributed by atoms with Crippen molar-refractivity contribution < 1.29 is 14.3 Å². The molecule has 1 aliphatic rings. The Morgan fingerprint density at radius 1 is 1.50 bits per heavy atom. The summed E-state index contributed by atoms with van der Waals surface area (Å²) in [6, 6.07) is 5.54. The van der Waals surface area contributed by atoms with Gasteiger partial charge in [-0.1, -0.05) is 18.2 Å². The number of rotatable bonds is 5. The monoisotopic (exact) mass is 250 g/mol. The lowest BCUT2D eigenvalue weighted by atomic mass is 9.86. The van der Waals surface area contributed by atoms with Crippen LogP contribution in [0.2, 0.25) is 0 Å². The van der Waals surface area contributed by atoms with E-state index in [9.17, 15) is 9.18 Å². The van der Waals surface area contributed by atoms with Crippen molar-refractivity contribution in [2.24, 2.45) is 5.92 Å². The van der Waals surface area contributed by atoms with Gasteiger partial charge in [-0.25, -0.2) is 4.39 Å². The largest absolute Gasteiger partial charge is 0.481 e. The maximum Gasteiger partial charge on any atom is 0.303 e. The SMILES string of the molecule is Cc1ccc(C(C)F)cc1C(CC(=O)O)C1CC1. The van der Waals surface area contributed by atoms with Crippen LogP contribution in [0.4, 0.5) is 4.39 Å². The van der Waals surface area contributed by atoms with Crippen LogP contribution in [-0.2, 0) is 4.79 Å². The molecule has 0 aromatic heterocycles. The molecule has 2 atom stereocenters. The molecule has 0 spiro atoms. The van der Waals surface area contributed by atoms with Crippen molar-refractivity contribution in [2.75, 3.05) is 0 Å². The van der Waals surface area contributed by atoms with Gasteiger partial charge in [0.15, 0.2) is 0 Å². The number of aliphatic carboxylic acids is 1. The average Bonchev–Trinajstić information content (AvgIpc) is 3.10. The van der Waals surface area contributed by atoms with E-state index in [1.165, 1.54) is 6.92 Å². The van der Waals surface area contributed by atoms with Crippen LogP contribution >= 0.6 is 0 Å². The Kier molecular flexibility index (Phi) is 3.69. The Bertz CT molecular complexity index is 450. The van der Waals surface area contributed by atoms with Gasteiger partial charge in [-0.15, -0.1) is 0 Å². The van der Waals surface area contributed by atoms with Gasteiger partial charge in [-0.2, -0.15) is 0 Å². The number of hydrogen-bond donors (Lipinski definition) is 1. The van der Waals surface area contributed by atoms with E-state index in [2.05, 4.69) is 0 Å². The summed E-state index contributed by atoms with van der Waals surface area (Å²) in [6.45, 7) is 3.48. The van der Waals surface area contributed by atoms with Crippen molar-refractivity contribution in [2.45, 2.75) is 45.2 Å². The molecule has 18 heavy (non-hydrogen) atoms. The quantitative estimate of drug-likeness (QED) is 0.857. The Balaban J connectivity index is 2.33. The van der Waals surface area contributed by atoms with E-state index in [-0.39, 0.29) is 12.3 Å². The van der Waals surface area contributed by atoms with Gasteiger partial charge in [0.1, 0.15) is 6.17 Å². The van der Waals surface area contributed by atoms with Crippen molar-refractivity contribution in [1.29, 1.82) is 0 Å². The molecule has 0 radical (unpaired) electrons. The topological polar surface area (TPSA) is 37.3 Å². The number of benzene rings is 1. The summed E-state index contributed by atoms with van der Waals surface area (Å²) in [7, 11) is 0. The third-order valence-corrected chi connectivity index (χ3v) is 3.75. The lowest BCUT2D eigenvalue weighted by Crippen LogP contribution is -2.10. The normalized spacial score (nSPS) is 18.4. The first-order chi connectivity index (χ1) is 8.49. The molecule has 1 N–H and O–H groups in total. The maximum absolute atomic E-state index is 13.4. The molecular formula is C15H19FO2. The third kappa shape index (κ3) is 2.89. The summed E-state index contributed by atoms with van der Waals surface area (Å²) < 4.78 is 13.4. The fraction of sp³-hybridized carbons (Fsp3) is 0.533. The van der Waals surface area contributed by atoms with Gasteiger partial charge in [0.25, 0.3) is 0 Å². The van der Waals surface area contributed by atoms with E-state index < -0.39 is 12.1 Å². The number of hydrogen-bond acceptors (Lipinski definition) is 1. The number of carboxylic acid groups (broad SMARTS) is 1. The van der Waals surface area contributed by atoms with Crippen LogP contribution in [0.15, 0.2) is 18.2 Å². The van der Waals surface area contributed by atoms with Crippen molar-refractivity contribution in [1.82, 2.24) is 0 Å². The van der Waals surface area contributed by atoms with Crippen LogP contribution in [0.3, 0.4) is 0 Å². The zero-order valence-corrected chi connectivity index (χ0v) is 10.8. The highest BCUT2D eigenvalue weighted by atomic mass is 19.1. The van der Waals surface area contributed by atoms with Gasteiger partial charge in [0.2, 0.25) is 0 Å². The molecule has 0 amide bonds. The van der Waals surface area contributed by atoms with Gasteiger partial charge in [-0.05, 0) is 55.2 Å². The molecule has 1 saturated carbocycles. The van der Waals surface area contributed by atoms with Crippen LogP contribution < -0.4 is 0 Å². The predicted octanol–water partition coefficient (Wildman–Crippen LogP) is 3.99. The lowest BCUT2D eigenvalue weighted by Gasteiger charge is -2.18. The van der Waals surface area contributed by atoms with Crippen molar-refractivity contribution in [3.8, 4) is 0 Å². The van der Waals surface area contributed by atoms with Crippen LogP contribution in [0.1, 0.15) is 55.0 Å². The highest BCUT2D eigenvalue weighted by Gasteiger charge is 2.34. The Morgan fingerprint density at radius 3 is 2.67 bits per heavy atom.